The second-order valence-electron chi connectivity index (χ2n) is 5.24. The molecule has 0 spiro atoms. The van der Waals surface area contributed by atoms with Gasteiger partial charge in [0.2, 0.25) is 0 Å². The molecule has 2 unspecified atom stereocenters. The molecule has 2 atom stereocenters. The zero-order valence-corrected chi connectivity index (χ0v) is 11.1. The number of aliphatic hydroxyl groups excluding tert-OH is 1. The predicted octanol–water partition coefficient (Wildman–Crippen LogP) is 1.18. The lowest BCUT2D eigenvalue weighted by atomic mass is 9.97. The van der Waals surface area contributed by atoms with Crippen molar-refractivity contribution in [1.29, 1.82) is 0 Å². The summed E-state index contributed by atoms with van der Waals surface area (Å²) in [7, 11) is 1.87. The van der Waals surface area contributed by atoms with E-state index in [9.17, 15) is 5.11 Å². The van der Waals surface area contributed by atoms with Gasteiger partial charge in [0.25, 0.3) is 0 Å². The van der Waals surface area contributed by atoms with E-state index in [0.717, 1.165) is 29.8 Å². The first kappa shape index (κ1) is 12.3. The monoisotopic (exact) mass is 261 g/mol. The summed E-state index contributed by atoms with van der Waals surface area (Å²) in [4.78, 5) is 8.52. The Morgan fingerprint density at radius 3 is 3.05 bits per heavy atom. The van der Waals surface area contributed by atoms with Crippen molar-refractivity contribution in [2.45, 2.75) is 19.3 Å². The lowest BCUT2D eigenvalue weighted by Gasteiger charge is -2.18. The van der Waals surface area contributed by atoms with Crippen LogP contribution in [0.25, 0.3) is 11.0 Å². The Morgan fingerprint density at radius 1 is 1.37 bits per heavy atom. The molecule has 6 heteroatoms. The number of aryl methyl sites for hydroxylation is 1. The van der Waals surface area contributed by atoms with Crippen LogP contribution in [0.5, 0.6) is 0 Å². The van der Waals surface area contributed by atoms with Crippen LogP contribution < -0.4 is 5.32 Å². The molecular formula is C13H19N5O. The van der Waals surface area contributed by atoms with Gasteiger partial charge in [0, 0.05) is 20.2 Å². The SMILES string of the molecule is Cn1ncc2c(NCC3CCCC3CO)ncnc21. The molecule has 0 aromatic carbocycles. The molecule has 0 aliphatic heterocycles. The van der Waals surface area contributed by atoms with Crippen molar-refractivity contribution >= 4 is 16.9 Å². The summed E-state index contributed by atoms with van der Waals surface area (Å²) in [5.74, 6) is 1.80. The molecule has 2 heterocycles. The van der Waals surface area contributed by atoms with E-state index >= 15 is 0 Å². The van der Waals surface area contributed by atoms with Crippen molar-refractivity contribution < 1.29 is 5.11 Å². The smallest absolute Gasteiger partial charge is 0.163 e. The fraction of sp³-hybridized carbons (Fsp3) is 0.615. The first-order valence-corrected chi connectivity index (χ1v) is 6.77. The highest BCUT2D eigenvalue weighted by molar-refractivity contribution is 5.85. The number of aromatic nitrogens is 4. The molecule has 1 aliphatic carbocycles. The quantitative estimate of drug-likeness (QED) is 0.864. The third-order valence-electron chi connectivity index (χ3n) is 4.11. The van der Waals surface area contributed by atoms with E-state index in [1.807, 2.05) is 7.05 Å². The van der Waals surface area contributed by atoms with Gasteiger partial charge in [0.1, 0.15) is 12.1 Å². The first-order valence-electron chi connectivity index (χ1n) is 6.77. The van der Waals surface area contributed by atoms with Gasteiger partial charge in [-0.05, 0) is 24.7 Å². The van der Waals surface area contributed by atoms with E-state index in [-0.39, 0.29) is 0 Å². The number of hydrogen-bond donors (Lipinski definition) is 2. The van der Waals surface area contributed by atoms with Crippen LogP contribution in [0.1, 0.15) is 19.3 Å². The number of nitrogens with zero attached hydrogens (tertiary/aromatic N) is 4. The number of hydrogen-bond acceptors (Lipinski definition) is 5. The Bertz CT molecular complexity index is 567. The maximum atomic E-state index is 9.34. The Labute approximate surface area is 111 Å². The molecule has 0 saturated heterocycles. The van der Waals surface area contributed by atoms with Crippen molar-refractivity contribution in [3.8, 4) is 0 Å². The summed E-state index contributed by atoms with van der Waals surface area (Å²) in [6.45, 7) is 1.14. The van der Waals surface area contributed by atoms with E-state index in [2.05, 4.69) is 20.4 Å². The van der Waals surface area contributed by atoms with Gasteiger partial charge in [-0.25, -0.2) is 9.97 Å². The molecule has 0 bridgehead atoms. The maximum absolute atomic E-state index is 9.34. The third kappa shape index (κ3) is 2.28. The van der Waals surface area contributed by atoms with Crippen LogP contribution >= 0.6 is 0 Å². The van der Waals surface area contributed by atoms with E-state index in [0.29, 0.717) is 18.4 Å². The Kier molecular flexibility index (Phi) is 3.33. The summed E-state index contributed by atoms with van der Waals surface area (Å²) < 4.78 is 1.74. The summed E-state index contributed by atoms with van der Waals surface area (Å²) >= 11 is 0. The molecule has 1 saturated carbocycles. The maximum Gasteiger partial charge on any atom is 0.163 e. The Hall–Kier alpha value is -1.69. The molecule has 19 heavy (non-hydrogen) atoms. The van der Waals surface area contributed by atoms with E-state index in [1.54, 1.807) is 17.2 Å². The summed E-state index contributed by atoms with van der Waals surface area (Å²) in [5, 5.41) is 17.9. The van der Waals surface area contributed by atoms with Gasteiger partial charge in [0.15, 0.2) is 5.65 Å². The van der Waals surface area contributed by atoms with Gasteiger partial charge in [-0.2, -0.15) is 5.10 Å². The molecule has 102 valence electrons. The van der Waals surface area contributed by atoms with Crippen LogP contribution in [0.2, 0.25) is 0 Å². The molecule has 2 aromatic heterocycles. The van der Waals surface area contributed by atoms with Crippen molar-refractivity contribution in [2.75, 3.05) is 18.5 Å². The van der Waals surface area contributed by atoms with E-state index < -0.39 is 0 Å². The largest absolute Gasteiger partial charge is 0.396 e. The highest BCUT2D eigenvalue weighted by Gasteiger charge is 2.26. The predicted molar refractivity (Wildman–Crippen MR) is 72.7 cm³/mol. The molecule has 1 aliphatic rings. The number of fused-ring (bicyclic) bond motifs is 1. The average molecular weight is 261 g/mol. The van der Waals surface area contributed by atoms with Crippen LogP contribution in [0.15, 0.2) is 12.5 Å². The molecule has 1 fully saturated rings. The van der Waals surface area contributed by atoms with Crippen molar-refractivity contribution in [2.24, 2.45) is 18.9 Å². The van der Waals surface area contributed by atoms with Crippen LogP contribution in [0.4, 0.5) is 5.82 Å². The zero-order chi connectivity index (χ0) is 13.2. The van der Waals surface area contributed by atoms with Crippen LogP contribution in [-0.2, 0) is 7.05 Å². The zero-order valence-electron chi connectivity index (χ0n) is 11.1. The van der Waals surface area contributed by atoms with Gasteiger partial charge in [-0.3, -0.25) is 4.68 Å². The van der Waals surface area contributed by atoms with Crippen molar-refractivity contribution in [3.63, 3.8) is 0 Å². The summed E-state index contributed by atoms with van der Waals surface area (Å²) in [5.41, 5.74) is 0.836. The molecule has 2 N–H and O–H groups in total. The fourth-order valence-electron chi connectivity index (χ4n) is 2.95. The first-order chi connectivity index (χ1) is 9.29. The molecular weight excluding hydrogens is 242 g/mol. The molecule has 3 rings (SSSR count). The number of anilines is 1. The van der Waals surface area contributed by atoms with Crippen molar-refractivity contribution in [1.82, 2.24) is 19.7 Å². The van der Waals surface area contributed by atoms with Crippen LogP contribution in [0.3, 0.4) is 0 Å². The topological polar surface area (TPSA) is 75.9 Å². The van der Waals surface area contributed by atoms with Crippen molar-refractivity contribution in [3.05, 3.63) is 12.5 Å². The normalized spacial score (nSPS) is 23.1. The van der Waals surface area contributed by atoms with Crippen LogP contribution in [-0.4, -0.2) is 38.0 Å². The van der Waals surface area contributed by atoms with E-state index in [1.165, 1.54) is 12.8 Å². The summed E-state index contributed by atoms with van der Waals surface area (Å²) in [6, 6.07) is 0. The highest BCUT2D eigenvalue weighted by atomic mass is 16.3. The van der Waals surface area contributed by atoms with Gasteiger partial charge in [-0.1, -0.05) is 6.42 Å². The van der Waals surface area contributed by atoms with Gasteiger partial charge in [-0.15, -0.1) is 0 Å². The Balaban J connectivity index is 1.75. The standard InChI is InChI=1S/C13H19N5O/c1-18-13-11(6-17-18)12(15-8-16-13)14-5-9-3-2-4-10(9)7-19/h6,8-10,19H,2-5,7H2,1H3,(H,14,15,16). The third-order valence-corrected chi connectivity index (χ3v) is 4.11. The molecule has 6 nitrogen and oxygen atoms in total. The molecule has 2 aromatic rings. The highest BCUT2D eigenvalue weighted by Crippen LogP contribution is 2.31. The van der Waals surface area contributed by atoms with Crippen LogP contribution in [0, 0.1) is 11.8 Å². The number of rotatable bonds is 4. The minimum absolute atomic E-state index is 0.290. The summed E-state index contributed by atoms with van der Waals surface area (Å²) in [6.07, 6.45) is 6.87. The van der Waals surface area contributed by atoms with Gasteiger partial charge in [0.05, 0.1) is 11.6 Å². The van der Waals surface area contributed by atoms with E-state index in [4.69, 9.17) is 0 Å². The average Bonchev–Trinajstić information content (AvgIpc) is 3.03. The minimum Gasteiger partial charge on any atom is -0.396 e. The lowest BCUT2D eigenvalue weighted by Crippen LogP contribution is -2.21. The molecule has 0 amide bonds. The van der Waals surface area contributed by atoms with Gasteiger partial charge >= 0.3 is 0 Å². The molecule has 0 radical (unpaired) electrons. The number of nitrogens with one attached hydrogen (secondary N) is 1. The fourth-order valence-corrected chi connectivity index (χ4v) is 2.95. The second-order valence-corrected chi connectivity index (χ2v) is 5.24. The Morgan fingerprint density at radius 2 is 2.21 bits per heavy atom. The second kappa shape index (κ2) is 5.13. The minimum atomic E-state index is 0.290. The number of aliphatic hydroxyl groups is 1. The lowest BCUT2D eigenvalue weighted by molar-refractivity contribution is 0.199. The van der Waals surface area contributed by atoms with Gasteiger partial charge < -0.3 is 10.4 Å².